The SMILES string of the molecule is CNC(CC1CCCNC1)c1cccc(Br)c1. The predicted molar refractivity (Wildman–Crippen MR) is 76.2 cm³/mol. The van der Waals surface area contributed by atoms with Gasteiger partial charge in [-0.15, -0.1) is 0 Å². The van der Waals surface area contributed by atoms with Crippen LogP contribution in [0.1, 0.15) is 30.9 Å². The van der Waals surface area contributed by atoms with Crippen molar-refractivity contribution in [3.63, 3.8) is 0 Å². The van der Waals surface area contributed by atoms with Crippen molar-refractivity contribution in [3.8, 4) is 0 Å². The summed E-state index contributed by atoms with van der Waals surface area (Å²) in [6.07, 6.45) is 3.90. The second-order valence-corrected chi connectivity index (χ2v) is 5.76. The van der Waals surface area contributed by atoms with E-state index in [9.17, 15) is 0 Å². The van der Waals surface area contributed by atoms with Crippen LogP contribution in [0.25, 0.3) is 0 Å². The number of halogens is 1. The first kappa shape index (κ1) is 13.1. The first-order valence-electron chi connectivity index (χ1n) is 6.43. The van der Waals surface area contributed by atoms with Crippen molar-refractivity contribution >= 4 is 15.9 Å². The first-order chi connectivity index (χ1) is 8.29. The van der Waals surface area contributed by atoms with Crippen LogP contribution in [0.3, 0.4) is 0 Å². The molecule has 1 heterocycles. The summed E-state index contributed by atoms with van der Waals surface area (Å²) in [6.45, 7) is 2.36. The van der Waals surface area contributed by atoms with E-state index in [4.69, 9.17) is 0 Å². The Balaban J connectivity index is 2.00. The number of rotatable bonds is 4. The van der Waals surface area contributed by atoms with Gasteiger partial charge in [0.1, 0.15) is 0 Å². The monoisotopic (exact) mass is 296 g/mol. The molecule has 0 amide bonds. The standard InChI is InChI=1S/C14H21BrN2/c1-16-14(8-11-4-3-7-17-10-11)12-5-2-6-13(15)9-12/h2,5-6,9,11,14,16-17H,3-4,7-8,10H2,1H3. The van der Waals surface area contributed by atoms with Crippen molar-refractivity contribution in [2.24, 2.45) is 5.92 Å². The average Bonchev–Trinajstić information content (AvgIpc) is 2.37. The van der Waals surface area contributed by atoms with Crippen molar-refractivity contribution < 1.29 is 0 Å². The minimum absolute atomic E-state index is 0.470. The molecule has 0 aromatic heterocycles. The van der Waals surface area contributed by atoms with E-state index in [0.29, 0.717) is 6.04 Å². The molecule has 2 atom stereocenters. The Morgan fingerprint density at radius 1 is 1.53 bits per heavy atom. The quantitative estimate of drug-likeness (QED) is 0.892. The van der Waals surface area contributed by atoms with Crippen molar-refractivity contribution in [2.75, 3.05) is 20.1 Å². The highest BCUT2D eigenvalue weighted by atomic mass is 79.9. The van der Waals surface area contributed by atoms with Gasteiger partial charge in [-0.3, -0.25) is 0 Å². The van der Waals surface area contributed by atoms with Crippen molar-refractivity contribution in [1.82, 2.24) is 10.6 Å². The molecule has 1 aliphatic heterocycles. The van der Waals surface area contributed by atoms with E-state index in [-0.39, 0.29) is 0 Å². The van der Waals surface area contributed by atoms with Crippen LogP contribution in [0, 0.1) is 5.92 Å². The summed E-state index contributed by atoms with van der Waals surface area (Å²) < 4.78 is 1.16. The van der Waals surface area contributed by atoms with Gasteiger partial charge in [0.05, 0.1) is 0 Å². The van der Waals surface area contributed by atoms with Gasteiger partial charge in [-0.05, 0) is 63.0 Å². The summed E-state index contributed by atoms with van der Waals surface area (Å²) in [7, 11) is 2.06. The van der Waals surface area contributed by atoms with Crippen LogP contribution in [-0.2, 0) is 0 Å². The molecule has 1 aromatic rings. The zero-order chi connectivity index (χ0) is 12.1. The van der Waals surface area contributed by atoms with Gasteiger partial charge in [0.15, 0.2) is 0 Å². The molecule has 1 aliphatic rings. The molecule has 17 heavy (non-hydrogen) atoms. The van der Waals surface area contributed by atoms with E-state index >= 15 is 0 Å². The lowest BCUT2D eigenvalue weighted by Gasteiger charge is -2.27. The van der Waals surface area contributed by atoms with E-state index in [1.54, 1.807) is 0 Å². The molecule has 2 nitrogen and oxygen atoms in total. The highest BCUT2D eigenvalue weighted by molar-refractivity contribution is 9.10. The Kier molecular flexibility index (Phi) is 5.01. The summed E-state index contributed by atoms with van der Waals surface area (Å²) in [5.41, 5.74) is 1.38. The smallest absolute Gasteiger partial charge is 0.0321 e. The van der Waals surface area contributed by atoms with Crippen LogP contribution in [0.5, 0.6) is 0 Å². The number of hydrogen-bond acceptors (Lipinski definition) is 2. The lowest BCUT2D eigenvalue weighted by atomic mass is 9.89. The fourth-order valence-corrected chi connectivity index (χ4v) is 3.02. The van der Waals surface area contributed by atoms with Gasteiger partial charge in [-0.1, -0.05) is 28.1 Å². The fraction of sp³-hybridized carbons (Fsp3) is 0.571. The number of piperidine rings is 1. The minimum Gasteiger partial charge on any atom is -0.316 e. The molecule has 0 radical (unpaired) electrons. The summed E-state index contributed by atoms with van der Waals surface area (Å²) in [5.74, 6) is 0.806. The second-order valence-electron chi connectivity index (χ2n) is 4.84. The zero-order valence-electron chi connectivity index (χ0n) is 10.4. The van der Waals surface area contributed by atoms with E-state index < -0.39 is 0 Å². The summed E-state index contributed by atoms with van der Waals surface area (Å²) in [6, 6.07) is 9.10. The van der Waals surface area contributed by atoms with Gasteiger partial charge in [0.25, 0.3) is 0 Å². The summed E-state index contributed by atoms with van der Waals surface area (Å²) in [4.78, 5) is 0. The molecule has 0 bridgehead atoms. The third-order valence-electron chi connectivity index (χ3n) is 3.57. The van der Waals surface area contributed by atoms with E-state index in [1.807, 2.05) is 0 Å². The van der Waals surface area contributed by atoms with Crippen molar-refractivity contribution in [1.29, 1.82) is 0 Å². The molecule has 2 rings (SSSR count). The van der Waals surface area contributed by atoms with Gasteiger partial charge in [-0.25, -0.2) is 0 Å². The maximum absolute atomic E-state index is 3.54. The molecule has 94 valence electrons. The molecule has 1 aromatic carbocycles. The Morgan fingerprint density at radius 3 is 3.06 bits per heavy atom. The highest BCUT2D eigenvalue weighted by Crippen LogP contribution is 2.26. The van der Waals surface area contributed by atoms with E-state index in [2.05, 4.69) is 57.9 Å². The lowest BCUT2D eigenvalue weighted by molar-refractivity contribution is 0.322. The fourth-order valence-electron chi connectivity index (χ4n) is 2.60. The number of benzene rings is 1. The van der Waals surface area contributed by atoms with Gasteiger partial charge in [0.2, 0.25) is 0 Å². The van der Waals surface area contributed by atoms with E-state index in [1.165, 1.54) is 37.9 Å². The molecule has 3 heteroatoms. The van der Waals surface area contributed by atoms with Gasteiger partial charge in [-0.2, -0.15) is 0 Å². The number of hydrogen-bond donors (Lipinski definition) is 2. The zero-order valence-corrected chi connectivity index (χ0v) is 12.0. The molecule has 2 N–H and O–H groups in total. The summed E-state index contributed by atoms with van der Waals surface area (Å²) >= 11 is 3.54. The molecular formula is C14H21BrN2. The largest absolute Gasteiger partial charge is 0.316 e. The van der Waals surface area contributed by atoms with Gasteiger partial charge in [0, 0.05) is 10.5 Å². The maximum atomic E-state index is 3.54. The molecule has 0 saturated carbocycles. The summed E-state index contributed by atoms with van der Waals surface area (Å²) in [5, 5.41) is 6.93. The van der Waals surface area contributed by atoms with Crippen molar-refractivity contribution in [2.45, 2.75) is 25.3 Å². The second kappa shape index (κ2) is 6.53. The molecule has 1 saturated heterocycles. The molecule has 1 fully saturated rings. The van der Waals surface area contributed by atoms with Crippen LogP contribution in [-0.4, -0.2) is 20.1 Å². The third-order valence-corrected chi connectivity index (χ3v) is 4.06. The first-order valence-corrected chi connectivity index (χ1v) is 7.22. The van der Waals surface area contributed by atoms with Gasteiger partial charge < -0.3 is 10.6 Å². The van der Waals surface area contributed by atoms with E-state index in [0.717, 1.165) is 10.4 Å². The Morgan fingerprint density at radius 2 is 2.41 bits per heavy atom. The Bertz CT molecular complexity index is 348. The van der Waals surface area contributed by atoms with Crippen LogP contribution in [0.15, 0.2) is 28.7 Å². The number of nitrogens with one attached hydrogen (secondary N) is 2. The predicted octanol–water partition coefficient (Wildman–Crippen LogP) is 3.10. The Hall–Kier alpha value is -0.380. The third kappa shape index (κ3) is 3.80. The maximum Gasteiger partial charge on any atom is 0.0321 e. The van der Waals surface area contributed by atoms with Gasteiger partial charge >= 0.3 is 0 Å². The van der Waals surface area contributed by atoms with Crippen LogP contribution < -0.4 is 10.6 Å². The van der Waals surface area contributed by atoms with Crippen LogP contribution >= 0.6 is 15.9 Å². The highest BCUT2D eigenvalue weighted by Gasteiger charge is 2.18. The molecule has 2 unspecified atom stereocenters. The topological polar surface area (TPSA) is 24.1 Å². The molecule has 0 aliphatic carbocycles. The van der Waals surface area contributed by atoms with Crippen LogP contribution in [0.4, 0.5) is 0 Å². The molecule has 0 spiro atoms. The normalized spacial score (nSPS) is 22.4. The lowest BCUT2D eigenvalue weighted by Crippen LogP contribution is -2.32. The Labute approximate surface area is 112 Å². The average molecular weight is 297 g/mol. The van der Waals surface area contributed by atoms with Crippen molar-refractivity contribution in [3.05, 3.63) is 34.3 Å². The molecular weight excluding hydrogens is 276 g/mol. The van der Waals surface area contributed by atoms with Crippen LogP contribution in [0.2, 0.25) is 0 Å². The minimum atomic E-state index is 0.470.